The minimum atomic E-state index is -0.331. The fourth-order valence-electron chi connectivity index (χ4n) is 1.78. The third kappa shape index (κ3) is 2.14. The average molecular weight is 230 g/mol. The molecule has 17 heavy (non-hydrogen) atoms. The lowest BCUT2D eigenvalue weighted by molar-refractivity contribution is 0.00578. The van der Waals surface area contributed by atoms with E-state index in [9.17, 15) is 0 Å². The van der Waals surface area contributed by atoms with E-state index < -0.39 is 0 Å². The van der Waals surface area contributed by atoms with Crippen LogP contribution in [0, 0.1) is 13.8 Å². The highest BCUT2D eigenvalue weighted by atomic mass is 16.7. The van der Waals surface area contributed by atoms with Gasteiger partial charge in [-0.05, 0) is 58.1 Å². The predicted octanol–water partition coefficient (Wildman–Crippen LogP) is 2.35. The van der Waals surface area contributed by atoms with Crippen molar-refractivity contribution in [1.82, 2.24) is 0 Å². The zero-order chi connectivity index (χ0) is 12.8. The summed E-state index contributed by atoms with van der Waals surface area (Å²) < 4.78 is 11.9. The Hall–Kier alpha value is -0.795. The molecule has 0 amide bonds. The summed E-state index contributed by atoms with van der Waals surface area (Å²) in [7, 11) is -0.331. The normalized spacial score (nSPS) is 21.9. The average Bonchev–Trinajstić information content (AvgIpc) is 2.41. The van der Waals surface area contributed by atoms with Gasteiger partial charge in [0.2, 0.25) is 0 Å². The molecular formula is C14H19BO2. The quantitative estimate of drug-likeness (QED) is 0.689. The van der Waals surface area contributed by atoms with Gasteiger partial charge in [0.15, 0.2) is 0 Å². The first-order valence-corrected chi connectivity index (χ1v) is 5.95. The Labute approximate surface area is 104 Å². The van der Waals surface area contributed by atoms with E-state index in [1.807, 2.05) is 52.8 Å². The van der Waals surface area contributed by atoms with Crippen molar-refractivity contribution in [1.29, 1.82) is 0 Å². The predicted molar refractivity (Wildman–Crippen MR) is 70.3 cm³/mol. The summed E-state index contributed by atoms with van der Waals surface area (Å²) >= 11 is 0. The minimum absolute atomic E-state index is 0.308. The van der Waals surface area contributed by atoms with E-state index in [1.54, 1.807) is 0 Å². The van der Waals surface area contributed by atoms with Gasteiger partial charge in [0, 0.05) is 0 Å². The van der Waals surface area contributed by atoms with Crippen LogP contribution in [0.5, 0.6) is 0 Å². The fraction of sp³-hybridized carbons (Fsp3) is 0.500. The molecule has 0 saturated carbocycles. The van der Waals surface area contributed by atoms with Gasteiger partial charge in [0.25, 0.3) is 0 Å². The van der Waals surface area contributed by atoms with Crippen molar-refractivity contribution in [2.75, 3.05) is 0 Å². The Balaban J connectivity index is 2.29. The van der Waals surface area contributed by atoms with Gasteiger partial charge < -0.3 is 9.31 Å². The fourth-order valence-corrected chi connectivity index (χ4v) is 1.78. The van der Waals surface area contributed by atoms with Crippen LogP contribution in [-0.4, -0.2) is 18.3 Å². The third-order valence-corrected chi connectivity index (χ3v) is 3.83. The van der Waals surface area contributed by atoms with Crippen LogP contribution in [0.2, 0.25) is 0 Å². The SMILES string of the molecule is [CH]c1cc(B2OC(C)(C)C(C)(C)O2)ccc1C. The summed E-state index contributed by atoms with van der Waals surface area (Å²) in [6.07, 6.45) is 0. The lowest BCUT2D eigenvalue weighted by atomic mass is 9.78. The molecule has 0 bridgehead atoms. The molecular weight excluding hydrogens is 211 g/mol. The van der Waals surface area contributed by atoms with E-state index in [-0.39, 0.29) is 18.3 Å². The summed E-state index contributed by atoms with van der Waals surface area (Å²) in [5.41, 5.74) is 2.21. The zero-order valence-electron chi connectivity index (χ0n) is 11.2. The largest absolute Gasteiger partial charge is 0.494 e. The molecule has 0 aliphatic carbocycles. The molecule has 0 unspecified atom stereocenters. The number of benzene rings is 1. The highest BCUT2D eigenvalue weighted by molar-refractivity contribution is 6.62. The number of aryl methyl sites for hydroxylation is 1. The first kappa shape index (κ1) is 12.7. The minimum Gasteiger partial charge on any atom is -0.399 e. The number of hydrogen-bond acceptors (Lipinski definition) is 2. The van der Waals surface area contributed by atoms with Gasteiger partial charge in [-0.25, -0.2) is 0 Å². The van der Waals surface area contributed by atoms with Crippen LogP contribution in [-0.2, 0) is 9.31 Å². The van der Waals surface area contributed by atoms with Crippen molar-refractivity contribution in [2.24, 2.45) is 0 Å². The molecule has 0 aromatic heterocycles. The second kappa shape index (κ2) is 3.86. The van der Waals surface area contributed by atoms with Crippen LogP contribution in [0.4, 0.5) is 0 Å². The molecule has 0 spiro atoms. The topological polar surface area (TPSA) is 18.5 Å². The first-order chi connectivity index (χ1) is 7.73. The molecule has 1 aromatic rings. The summed E-state index contributed by atoms with van der Waals surface area (Å²) in [4.78, 5) is 0. The molecule has 0 atom stereocenters. The molecule has 2 nitrogen and oxygen atoms in total. The van der Waals surface area contributed by atoms with Gasteiger partial charge in [0.05, 0.1) is 11.2 Å². The summed E-state index contributed by atoms with van der Waals surface area (Å²) in [6.45, 7) is 16.1. The van der Waals surface area contributed by atoms with Crippen LogP contribution in [0.1, 0.15) is 38.8 Å². The van der Waals surface area contributed by atoms with Crippen molar-refractivity contribution in [3.05, 3.63) is 36.2 Å². The Bertz CT molecular complexity index is 422. The second-order valence-corrected chi connectivity index (χ2v) is 5.70. The molecule has 1 saturated heterocycles. The molecule has 0 N–H and O–H groups in total. The maximum Gasteiger partial charge on any atom is 0.494 e. The van der Waals surface area contributed by atoms with E-state index in [0.717, 1.165) is 16.6 Å². The second-order valence-electron chi connectivity index (χ2n) is 5.70. The molecule has 2 radical (unpaired) electrons. The number of rotatable bonds is 1. The molecule has 1 fully saturated rings. The van der Waals surface area contributed by atoms with Gasteiger partial charge in [-0.2, -0.15) is 0 Å². The van der Waals surface area contributed by atoms with E-state index in [4.69, 9.17) is 16.2 Å². The van der Waals surface area contributed by atoms with Crippen molar-refractivity contribution in [3.8, 4) is 0 Å². The highest BCUT2D eigenvalue weighted by Crippen LogP contribution is 2.36. The van der Waals surface area contributed by atoms with Crippen molar-refractivity contribution >= 4 is 12.6 Å². The molecule has 90 valence electrons. The van der Waals surface area contributed by atoms with Crippen LogP contribution in [0.25, 0.3) is 0 Å². The summed E-state index contributed by atoms with van der Waals surface area (Å²) in [6, 6.07) is 5.93. The van der Waals surface area contributed by atoms with Gasteiger partial charge in [-0.3, -0.25) is 0 Å². The van der Waals surface area contributed by atoms with Crippen LogP contribution in [0.15, 0.2) is 18.2 Å². The van der Waals surface area contributed by atoms with Crippen LogP contribution < -0.4 is 5.46 Å². The van der Waals surface area contributed by atoms with Crippen LogP contribution in [0.3, 0.4) is 0 Å². The monoisotopic (exact) mass is 230 g/mol. The standard InChI is InChI=1S/C14H19BO2/c1-10-7-8-12(9-11(10)2)15-16-13(3,4)14(5,6)17-15/h2,7-9H,1,3-6H3. The molecule has 1 heterocycles. The summed E-state index contributed by atoms with van der Waals surface area (Å²) in [5.74, 6) is 0. The Morgan fingerprint density at radius 1 is 1.06 bits per heavy atom. The molecule has 2 rings (SSSR count). The Morgan fingerprint density at radius 2 is 1.59 bits per heavy atom. The van der Waals surface area contributed by atoms with E-state index in [2.05, 4.69) is 0 Å². The molecule has 3 heteroatoms. The van der Waals surface area contributed by atoms with Gasteiger partial charge >= 0.3 is 7.12 Å². The lowest BCUT2D eigenvalue weighted by Crippen LogP contribution is -2.41. The molecule has 1 aromatic carbocycles. The number of hydrogen-bond donors (Lipinski definition) is 0. The van der Waals surface area contributed by atoms with Crippen LogP contribution >= 0.6 is 0 Å². The van der Waals surface area contributed by atoms with Gasteiger partial charge in [-0.1, -0.05) is 18.2 Å². The van der Waals surface area contributed by atoms with Crippen molar-refractivity contribution in [2.45, 2.75) is 45.8 Å². The lowest BCUT2D eigenvalue weighted by Gasteiger charge is -2.32. The van der Waals surface area contributed by atoms with E-state index >= 15 is 0 Å². The van der Waals surface area contributed by atoms with E-state index in [0.29, 0.717) is 0 Å². The highest BCUT2D eigenvalue weighted by Gasteiger charge is 2.51. The Morgan fingerprint density at radius 3 is 2.06 bits per heavy atom. The van der Waals surface area contributed by atoms with Gasteiger partial charge in [-0.15, -0.1) is 0 Å². The maximum atomic E-state index is 5.97. The Kier molecular flexibility index (Phi) is 2.87. The first-order valence-electron chi connectivity index (χ1n) is 5.95. The molecule has 1 aliphatic heterocycles. The zero-order valence-corrected chi connectivity index (χ0v) is 11.2. The summed E-state index contributed by atoms with van der Waals surface area (Å²) in [5, 5.41) is 0. The third-order valence-electron chi connectivity index (χ3n) is 3.83. The van der Waals surface area contributed by atoms with E-state index in [1.165, 1.54) is 0 Å². The van der Waals surface area contributed by atoms with Gasteiger partial charge in [0.1, 0.15) is 0 Å². The van der Waals surface area contributed by atoms with Crippen molar-refractivity contribution in [3.63, 3.8) is 0 Å². The maximum absolute atomic E-state index is 5.97. The molecule has 1 aliphatic rings. The van der Waals surface area contributed by atoms with Crippen molar-refractivity contribution < 1.29 is 9.31 Å². The smallest absolute Gasteiger partial charge is 0.399 e.